The van der Waals surface area contributed by atoms with Gasteiger partial charge in [-0.15, -0.1) is 0 Å². The van der Waals surface area contributed by atoms with Gasteiger partial charge in [-0.3, -0.25) is 9.59 Å². The number of hydrogen-bond acceptors (Lipinski definition) is 4. The summed E-state index contributed by atoms with van der Waals surface area (Å²) in [6.45, 7) is 2.82. The van der Waals surface area contributed by atoms with Crippen LogP contribution < -0.4 is 15.6 Å². The van der Waals surface area contributed by atoms with Crippen LogP contribution in [0.4, 0.5) is 0 Å². The van der Waals surface area contributed by atoms with E-state index in [0.29, 0.717) is 29.7 Å². The van der Waals surface area contributed by atoms with E-state index in [9.17, 15) is 9.59 Å². The van der Waals surface area contributed by atoms with E-state index in [0.717, 1.165) is 16.8 Å². The van der Waals surface area contributed by atoms with E-state index in [1.54, 1.807) is 40.6 Å². The number of aromatic nitrogens is 3. The van der Waals surface area contributed by atoms with Crippen LogP contribution in [0.15, 0.2) is 59.5 Å². The zero-order valence-electron chi connectivity index (χ0n) is 15.7. The van der Waals surface area contributed by atoms with Gasteiger partial charge in [-0.25, -0.2) is 4.52 Å². The van der Waals surface area contributed by atoms with Gasteiger partial charge in [0.15, 0.2) is 0 Å². The Kier molecular flexibility index (Phi) is 4.57. The Balaban J connectivity index is 1.65. The number of benzene rings is 2. The number of carbonyl (C=O) groups is 1. The maximum atomic E-state index is 12.7. The van der Waals surface area contributed by atoms with Gasteiger partial charge in [0.1, 0.15) is 11.3 Å². The summed E-state index contributed by atoms with van der Waals surface area (Å²) in [4.78, 5) is 25.3. The quantitative estimate of drug-likeness (QED) is 0.581. The zero-order valence-corrected chi connectivity index (χ0v) is 15.7. The van der Waals surface area contributed by atoms with Crippen LogP contribution in [0.5, 0.6) is 5.75 Å². The third kappa shape index (κ3) is 3.00. The first-order valence-electron chi connectivity index (χ1n) is 9.04. The van der Waals surface area contributed by atoms with Crippen molar-refractivity contribution < 1.29 is 9.53 Å². The Morgan fingerprint density at radius 1 is 1.07 bits per heavy atom. The summed E-state index contributed by atoms with van der Waals surface area (Å²) >= 11 is 0. The van der Waals surface area contributed by atoms with Crippen molar-refractivity contribution in [2.45, 2.75) is 20.0 Å². The molecular formula is C21H20N4O3. The smallest absolute Gasteiger partial charge is 0.277 e. The SMILES string of the molecule is CCn1c(=O)c2ccnn2c2ccc(C(=O)NCc3ccc(OC)cc3)cc21. The molecule has 0 spiro atoms. The van der Waals surface area contributed by atoms with E-state index in [1.807, 2.05) is 37.3 Å². The lowest BCUT2D eigenvalue weighted by Gasteiger charge is -2.12. The van der Waals surface area contributed by atoms with Gasteiger partial charge in [0, 0.05) is 18.7 Å². The zero-order chi connectivity index (χ0) is 19.7. The van der Waals surface area contributed by atoms with E-state index in [2.05, 4.69) is 10.4 Å². The summed E-state index contributed by atoms with van der Waals surface area (Å²) < 4.78 is 8.41. The summed E-state index contributed by atoms with van der Waals surface area (Å²) in [7, 11) is 1.61. The minimum Gasteiger partial charge on any atom is -0.497 e. The van der Waals surface area contributed by atoms with Gasteiger partial charge in [0.25, 0.3) is 11.5 Å². The number of fused-ring (bicyclic) bond motifs is 3. The summed E-state index contributed by atoms with van der Waals surface area (Å²) in [5.74, 6) is 0.570. The molecule has 7 nitrogen and oxygen atoms in total. The fraction of sp³-hybridized carbons (Fsp3) is 0.190. The number of hydrogen-bond donors (Lipinski definition) is 1. The molecule has 1 N–H and O–H groups in total. The number of methoxy groups -OCH3 is 1. The molecule has 2 aromatic carbocycles. The minimum atomic E-state index is -0.201. The molecule has 2 heterocycles. The molecule has 28 heavy (non-hydrogen) atoms. The molecule has 0 saturated carbocycles. The highest BCUT2D eigenvalue weighted by atomic mass is 16.5. The van der Waals surface area contributed by atoms with Crippen molar-refractivity contribution in [3.8, 4) is 5.75 Å². The maximum Gasteiger partial charge on any atom is 0.277 e. The Labute approximate surface area is 161 Å². The lowest BCUT2D eigenvalue weighted by molar-refractivity contribution is 0.0951. The van der Waals surface area contributed by atoms with Crippen LogP contribution in [0.2, 0.25) is 0 Å². The Morgan fingerprint density at radius 3 is 2.57 bits per heavy atom. The summed E-state index contributed by atoms with van der Waals surface area (Å²) in [5.41, 5.74) is 3.33. The normalized spacial score (nSPS) is 11.1. The van der Waals surface area contributed by atoms with Crippen molar-refractivity contribution in [3.63, 3.8) is 0 Å². The van der Waals surface area contributed by atoms with Crippen LogP contribution in [0.25, 0.3) is 16.6 Å². The second-order valence-electron chi connectivity index (χ2n) is 6.41. The summed E-state index contributed by atoms with van der Waals surface area (Å²) in [6.07, 6.45) is 1.60. The Morgan fingerprint density at radius 2 is 1.86 bits per heavy atom. The van der Waals surface area contributed by atoms with Crippen LogP contribution in [0, 0.1) is 0 Å². The molecular weight excluding hydrogens is 356 g/mol. The van der Waals surface area contributed by atoms with E-state index < -0.39 is 0 Å². The molecule has 0 aliphatic carbocycles. The highest BCUT2D eigenvalue weighted by molar-refractivity contribution is 5.97. The van der Waals surface area contributed by atoms with Crippen molar-refractivity contribution >= 4 is 22.5 Å². The number of amides is 1. The largest absolute Gasteiger partial charge is 0.497 e. The molecule has 0 unspecified atom stereocenters. The number of nitrogens with one attached hydrogen (secondary N) is 1. The number of ether oxygens (including phenoxy) is 1. The second-order valence-corrected chi connectivity index (χ2v) is 6.41. The third-order valence-corrected chi connectivity index (χ3v) is 4.79. The molecule has 7 heteroatoms. The van der Waals surface area contributed by atoms with Gasteiger partial charge in [0.2, 0.25) is 0 Å². The van der Waals surface area contributed by atoms with Crippen LogP contribution in [-0.4, -0.2) is 27.2 Å². The average molecular weight is 376 g/mol. The van der Waals surface area contributed by atoms with E-state index in [-0.39, 0.29) is 11.5 Å². The fourth-order valence-electron chi connectivity index (χ4n) is 3.31. The van der Waals surface area contributed by atoms with Crippen LogP contribution in [0.3, 0.4) is 0 Å². The minimum absolute atomic E-state index is 0.122. The predicted molar refractivity (Wildman–Crippen MR) is 107 cm³/mol. The van der Waals surface area contributed by atoms with Crippen LogP contribution in [0.1, 0.15) is 22.8 Å². The van der Waals surface area contributed by atoms with Crippen molar-refractivity contribution in [2.75, 3.05) is 7.11 Å². The number of carbonyl (C=O) groups excluding carboxylic acids is 1. The lowest BCUT2D eigenvalue weighted by Crippen LogP contribution is -2.25. The Hall–Kier alpha value is -3.61. The first kappa shape index (κ1) is 17.8. The fourth-order valence-corrected chi connectivity index (χ4v) is 3.31. The molecule has 142 valence electrons. The van der Waals surface area contributed by atoms with Crippen LogP contribution in [-0.2, 0) is 13.1 Å². The van der Waals surface area contributed by atoms with Crippen molar-refractivity contribution in [1.82, 2.24) is 19.5 Å². The summed E-state index contributed by atoms with van der Waals surface area (Å²) in [5, 5.41) is 7.15. The molecule has 0 fully saturated rings. The maximum absolute atomic E-state index is 12.7. The van der Waals surface area contributed by atoms with Gasteiger partial charge in [-0.05, 0) is 48.9 Å². The van der Waals surface area contributed by atoms with Crippen LogP contribution >= 0.6 is 0 Å². The van der Waals surface area contributed by atoms with Crippen molar-refractivity contribution in [2.24, 2.45) is 0 Å². The molecule has 0 aliphatic rings. The van der Waals surface area contributed by atoms with Gasteiger partial charge >= 0.3 is 0 Å². The lowest BCUT2D eigenvalue weighted by atomic mass is 10.1. The molecule has 4 rings (SSSR count). The molecule has 4 aromatic rings. The molecule has 1 amide bonds. The molecule has 0 atom stereocenters. The predicted octanol–water partition coefficient (Wildman–Crippen LogP) is 2.61. The average Bonchev–Trinajstić information content (AvgIpc) is 3.23. The molecule has 0 radical (unpaired) electrons. The van der Waals surface area contributed by atoms with Gasteiger partial charge < -0.3 is 14.6 Å². The number of nitrogens with zero attached hydrogens (tertiary/aromatic N) is 3. The second kappa shape index (κ2) is 7.19. The number of rotatable bonds is 5. The standard InChI is InChI=1S/C21H20N4O3/c1-3-24-19-12-15(6-9-17(19)25-18(21(24)27)10-11-23-25)20(26)22-13-14-4-7-16(28-2)8-5-14/h4-12H,3,13H2,1-2H3,(H,22,26). The third-order valence-electron chi connectivity index (χ3n) is 4.79. The molecule has 2 aromatic heterocycles. The molecule has 0 saturated heterocycles. The highest BCUT2D eigenvalue weighted by Gasteiger charge is 2.13. The molecule has 0 bridgehead atoms. The Bertz CT molecular complexity index is 1220. The van der Waals surface area contributed by atoms with Gasteiger partial charge in [-0.1, -0.05) is 12.1 Å². The highest BCUT2D eigenvalue weighted by Crippen LogP contribution is 2.17. The van der Waals surface area contributed by atoms with Gasteiger partial charge in [-0.2, -0.15) is 5.10 Å². The van der Waals surface area contributed by atoms with E-state index >= 15 is 0 Å². The number of aryl methyl sites for hydroxylation is 1. The van der Waals surface area contributed by atoms with Gasteiger partial charge in [0.05, 0.1) is 24.3 Å². The first-order chi connectivity index (χ1) is 13.6. The molecule has 0 aliphatic heterocycles. The van der Waals surface area contributed by atoms with E-state index in [1.165, 1.54) is 0 Å². The monoisotopic (exact) mass is 376 g/mol. The summed E-state index contributed by atoms with van der Waals surface area (Å²) in [6, 6.07) is 14.5. The first-order valence-corrected chi connectivity index (χ1v) is 9.04. The van der Waals surface area contributed by atoms with E-state index in [4.69, 9.17) is 4.74 Å². The van der Waals surface area contributed by atoms with Crippen molar-refractivity contribution in [1.29, 1.82) is 0 Å². The topological polar surface area (TPSA) is 77.6 Å². The van der Waals surface area contributed by atoms with Crippen molar-refractivity contribution in [3.05, 3.63) is 76.2 Å².